The summed E-state index contributed by atoms with van der Waals surface area (Å²) in [5.41, 5.74) is 2.22. The van der Waals surface area contributed by atoms with Crippen molar-refractivity contribution in [2.45, 2.75) is 45.1 Å². The number of isocyanates is 1. The summed E-state index contributed by atoms with van der Waals surface area (Å²) in [7, 11) is 0. The molecule has 1 aliphatic rings. The molecule has 3 nitrogen and oxygen atoms in total. The van der Waals surface area contributed by atoms with E-state index in [0.717, 1.165) is 42.4 Å². The average molecular weight is 231 g/mol. The molecule has 0 heterocycles. The van der Waals surface area contributed by atoms with Gasteiger partial charge in [-0.3, -0.25) is 0 Å². The fourth-order valence-corrected chi connectivity index (χ4v) is 2.83. The Kier molecular flexibility index (Phi) is 3.03. The van der Waals surface area contributed by atoms with Crippen LogP contribution in [0, 0.1) is 13.8 Å². The zero-order valence-electron chi connectivity index (χ0n) is 10.3. The fraction of sp³-hybridized carbons (Fsp3) is 0.500. The predicted molar refractivity (Wildman–Crippen MR) is 65.8 cm³/mol. The topological polar surface area (TPSA) is 49.7 Å². The first-order chi connectivity index (χ1) is 8.10. The SMILES string of the molecule is Cc1ccc(C2(N=C=O)CCCC2)c(C)c1O. The minimum Gasteiger partial charge on any atom is -0.507 e. The first-order valence-electron chi connectivity index (χ1n) is 5.99. The summed E-state index contributed by atoms with van der Waals surface area (Å²) in [6.07, 6.45) is 5.57. The van der Waals surface area contributed by atoms with Crippen molar-refractivity contribution in [1.29, 1.82) is 0 Å². The largest absolute Gasteiger partial charge is 0.507 e. The summed E-state index contributed by atoms with van der Waals surface area (Å²) >= 11 is 0. The van der Waals surface area contributed by atoms with E-state index >= 15 is 0 Å². The van der Waals surface area contributed by atoms with E-state index in [2.05, 4.69) is 4.99 Å². The molecule has 1 aromatic rings. The summed E-state index contributed by atoms with van der Waals surface area (Å²) < 4.78 is 0. The molecule has 0 bridgehead atoms. The van der Waals surface area contributed by atoms with E-state index < -0.39 is 5.54 Å². The molecule has 1 aromatic carbocycles. The number of rotatable bonds is 2. The number of aliphatic imine (C=N–C) groups is 1. The molecule has 0 atom stereocenters. The lowest BCUT2D eigenvalue weighted by atomic mass is 9.85. The van der Waals surface area contributed by atoms with Gasteiger partial charge in [0.2, 0.25) is 6.08 Å². The number of aryl methyl sites for hydroxylation is 1. The Morgan fingerprint density at radius 3 is 2.53 bits per heavy atom. The van der Waals surface area contributed by atoms with Gasteiger partial charge in [0, 0.05) is 0 Å². The van der Waals surface area contributed by atoms with Gasteiger partial charge in [-0.2, -0.15) is 4.99 Å². The standard InChI is InChI=1S/C14H17NO2/c1-10-5-6-12(11(2)13(10)17)14(15-9-16)7-3-4-8-14/h5-6,17H,3-4,7-8H2,1-2H3. The number of phenols is 1. The lowest BCUT2D eigenvalue weighted by Gasteiger charge is -2.25. The summed E-state index contributed by atoms with van der Waals surface area (Å²) in [5, 5.41) is 9.99. The van der Waals surface area contributed by atoms with Gasteiger partial charge in [0.05, 0.1) is 5.54 Å². The van der Waals surface area contributed by atoms with Crippen molar-refractivity contribution in [3.05, 3.63) is 28.8 Å². The molecule has 3 heteroatoms. The number of nitrogens with zero attached hydrogens (tertiary/aromatic N) is 1. The highest BCUT2D eigenvalue weighted by molar-refractivity contribution is 5.49. The molecule has 0 aromatic heterocycles. The van der Waals surface area contributed by atoms with Gasteiger partial charge in [-0.1, -0.05) is 25.0 Å². The van der Waals surface area contributed by atoms with Gasteiger partial charge in [-0.25, -0.2) is 4.79 Å². The summed E-state index contributed by atoms with van der Waals surface area (Å²) in [6.45, 7) is 3.76. The molecule has 17 heavy (non-hydrogen) atoms. The summed E-state index contributed by atoms with van der Waals surface area (Å²) in [6, 6.07) is 3.87. The van der Waals surface area contributed by atoms with Crippen LogP contribution in [0.4, 0.5) is 0 Å². The van der Waals surface area contributed by atoms with Gasteiger partial charge in [-0.05, 0) is 43.4 Å². The van der Waals surface area contributed by atoms with Crippen LogP contribution in [-0.2, 0) is 10.3 Å². The van der Waals surface area contributed by atoms with Gasteiger partial charge in [0.25, 0.3) is 0 Å². The molecule has 1 N–H and O–H groups in total. The van der Waals surface area contributed by atoms with Crippen LogP contribution >= 0.6 is 0 Å². The highest BCUT2D eigenvalue weighted by Crippen LogP contribution is 2.45. The van der Waals surface area contributed by atoms with Gasteiger partial charge in [0.1, 0.15) is 5.75 Å². The van der Waals surface area contributed by atoms with Crippen LogP contribution in [0.15, 0.2) is 17.1 Å². The van der Waals surface area contributed by atoms with Crippen molar-refractivity contribution >= 4 is 6.08 Å². The van der Waals surface area contributed by atoms with Crippen LogP contribution in [0.3, 0.4) is 0 Å². The average Bonchev–Trinajstić information content (AvgIpc) is 2.76. The van der Waals surface area contributed by atoms with Crippen LogP contribution < -0.4 is 0 Å². The number of hydrogen-bond donors (Lipinski definition) is 1. The molecule has 0 saturated heterocycles. The molecule has 0 spiro atoms. The van der Waals surface area contributed by atoms with Gasteiger partial charge < -0.3 is 5.11 Å². The normalized spacial score (nSPS) is 17.8. The smallest absolute Gasteiger partial charge is 0.235 e. The third-order valence-corrected chi connectivity index (χ3v) is 3.82. The van der Waals surface area contributed by atoms with E-state index in [1.54, 1.807) is 6.08 Å². The number of carbonyl (C=O) groups excluding carboxylic acids is 1. The zero-order chi connectivity index (χ0) is 12.5. The molecule has 0 unspecified atom stereocenters. The maximum atomic E-state index is 10.6. The minimum atomic E-state index is -0.447. The van der Waals surface area contributed by atoms with Gasteiger partial charge in [-0.15, -0.1) is 0 Å². The Labute approximate surface area is 101 Å². The third kappa shape index (κ3) is 1.87. The van der Waals surface area contributed by atoms with Gasteiger partial charge in [0.15, 0.2) is 0 Å². The summed E-state index contributed by atoms with van der Waals surface area (Å²) in [4.78, 5) is 14.7. The van der Waals surface area contributed by atoms with Crippen LogP contribution in [0.25, 0.3) is 0 Å². The van der Waals surface area contributed by atoms with Crippen LogP contribution in [0.1, 0.15) is 42.4 Å². The van der Waals surface area contributed by atoms with Crippen molar-refractivity contribution in [3.63, 3.8) is 0 Å². The number of hydrogen-bond acceptors (Lipinski definition) is 3. The van der Waals surface area contributed by atoms with Crippen LogP contribution in [0.5, 0.6) is 5.75 Å². The molecule has 0 aliphatic heterocycles. The van der Waals surface area contributed by atoms with E-state index in [9.17, 15) is 9.90 Å². The molecule has 2 rings (SSSR count). The molecular weight excluding hydrogens is 214 g/mol. The second kappa shape index (κ2) is 4.34. The van der Waals surface area contributed by atoms with Gasteiger partial charge >= 0.3 is 0 Å². The Bertz CT molecular complexity index is 481. The van der Waals surface area contributed by atoms with E-state index in [-0.39, 0.29) is 0 Å². The first-order valence-corrected chi connectivity index (χ1v) is 5.99. The van der Waals surface area contributed by atoms with E-state index in [1.807, 2.05) is 26.0 Å². The summed E-state index contributed by atoms with van der Waals surface area (Å²) in [5.74, 6) is 0.315. The Hall–Kier alpha value is -1.60. The Balaban J connectivity index is 2.58. The monoisotopic (exact) mass is 231 g/mol. The van der Waals surface area contributed by atoms with Crippen molar-refractivity contribution in [1.82, 2.24) is 0 Å². The maximum absolute atomic E-state index is 10.6. The third-order valence-electron chi connectivity index (χ3n) is 3.82. The number of phenolic OH excluding ortho intramolecular Hbond substituents is 1. The lowest BCUT2D eigenvalue weighted by Crippen LogP contribution is -2.20. The zero-order valence-corrected chi connectivity index (χ0v) is 10.3. The fourth-order valence-electron chi connectivity index (χ4n) is 2.83. The highest BCUT2D eigenvalue weighted by atomic mass is 16.3. The van der Waals surface area contributed by atoms with Crippen molar-refractivity contribution in [2.75, 3.05) is 0 Å². The van der Waals surface area contributed by atoms with Crippen molar-refractivity contribution < 1.29 is 9.90 Å². The highest BCUT2D eigenvalue weighted by Gasteiger charge is 2.37. The van der Waals surface area contributed by atoms with Crippen molar-refractivity contribution in [3.8, 4) is 5.75 Å². The first kappa shape index (κ1) is 11.9. The minimum absolute atomic E-state index is 0.315. The number of aromatic hydroxyl groups is 1. The Morgan fingerprint density at radius 2 is 1.94 bits per heavy atom. The lowest BCUT2D eigenvalue weighted by molar-refractivity contribution is 0.436. The second-order valence-corrected chi connectivity index (χ2v) is 4.85. The maximum Gasteiger partial charge on any atom is 0.235 e. The van der Waals surface area contributed by atoms with Crippen LogP contribution in [-0.4, -0.2) is 11.2 Å². The molecule has 1 fully saturated rings. The molecule has 0 radical (unpaired) electrons. The molecule has 1 saturated carbocycles. The van der Waals surface area contributed by atoms with E-state index in [4.69, 9.17) is 0 Å². The second-order valence-electron chi connectivity index (χ2n) is 4.85. The van der Waals surface area contributed by atoms with E-state index in [1.165, 1.54) is 0 Å². The molecule has 1 aliphatic carbocycles. The molecule has 0 amide bonds. The molecular formula is C14H17NO2. The molecule has 90 valence electrons. The van der Waals surface area contributed by atoms with Crippen molar-refractivity contribution in [2.24, 2.45) is 4.99 Å². The Morgan fingerprint density at radius 1 is 1.29 bits per heavy atom. The quantitative estimate of drug-likeness (QED) is 0.628. The number of benzene rings is 1. The predicted octanol–water partition coefficient (Wildman–Crippen LogP) is 3.11. The van der Waals surface area contributed by atoms with E-state index in [0.29, 0.717) is 5.75 Å². The van der Waals surface area contributed by atoms with Crippen LogP contribution in [0.2, 0.25) is 0 Å².